The summed E-state index contributed by atoms with van der Waals surface area (Å²) in [5, 5.41) is 7.63. The Kier molecular flexibility index (Phi) is 4.46. The van der Waals surface area contributed by atoms with Crippen LogP contribution in [0.4, 0.5) is 0 Å². The molecule has 0 aliphatic carbocycles. The molecular weight excluding hydrogens is 228 g/mol. The van der Waals surface area contributed by atoms with Crippen LogP contribution < -0.4 is 5.32 Å². The van der Waals surface area contributed by atoms with E-state index in [1.165, 1.54) is 5.69 Å². The molecule has 0 saturated carbocycles. The maximum Gasteiger partial charge on any atom is 0.151 e. The Bertz CT molecular complexity index is 472. The van der Waals surface area contributed by atoms with Crippen molar-refractivity contribution in [2.24, 2.45) is 7.05 Å². The van der Waals surface area contributed by atoms with E-state index < -0.39 is 0 Å². The van der Waals surface area contributed by atoms with E-state index in [9.17, 15) is 0 Å². The molecule has 2 aromatic rings. The van der Waals surface area contributed by atoms with Crippen LogP contribution >= 0.6 is 0 Å². The van der Waals surface area contributed by atoms with Crippen LogP contribution in [-0.2, 0) is 26.6 Å². The maximum absolute atomic E-state index is 4.24. The summed E-state index contributed by atoms with van der Waals surface area (Å²) >= 11 is 0. The smallest absolute Gasteiger partial charge is 0.151 e. The Labute approximate surface area is 107 Å². The lowest BCUT2D eigenvalue weighted by Crippen LogP contribution is -2.19. The molecule has 6 nitrogen and oxygen atoms in total. The quantitative estimate of drug-likeness (QED) is 0.735. The Balaban J connectivity index is 1.73. The molecule has 0 aromatic carbocycles. The number of imidazole rings is 1. The summed E-state index contributed by atoms with van der Waals surface area (Å²) in [5.41, 5.74) is 1.23. The summed E-state index contributed by atoms with van der Waals surface area (Å²) < 4.78 is 3.91. The van der Waals surface area contributed by atoms with Crippen LogP contribution in [0.25, 0.3) is 0 Å². The van der Waals surface area contributed by atoms with Crippen molar-refractivity contribution in [2.75, 3.05) is 6.54 Å². The summed E-state index contributed by atoms with van der Waals surface area (Å²) in [4.78, 5) is 8.37. The zero-order chi connectivity index (χ0) is 12.8. The maximum atomic E-state index is 4.24. The number of hydrogen-bond acceptors (Lipinski definition) is 4. The highest BCUT2D eigenvalue weighted by molar-refractivity contribution is 4.98. The third-order valence-electron chi connectivity index (χ3n) is 2.74. The lowest BCUT2D eigenvalue weighted by atomic mass is 10.3. The number of hydrogen-bond donors (Lipinski definition) is 1. The fraction of sp³-hybridized carbons (Fsp3) is 0.583. The minimum Gasteiger partial charge on any atom is -0.333 e. The molecule has 0 radical (unpaired) electrons. The fourth-order valence-electron chi connectivity index (χ4n) is 1.85. The van der Waals surface area contributed by atoms with Crippen LogP contribution in [0.1, 0.15) is 24.9 Å². The molecule has 2 heterocycles. The standard InChI is InChI=1S/C12H20N6/c1-3-6-18-9-14-8-11(18)7-13-5-4-12-15-10-17(2)16-12/h8-10,13H,3-7H2,1-2H3. The second-order valence-corrected chi connectivity index (χ2v) is 4.34. The molecular formula is C12H20N6. The Morgan fingerprint density at radius 1 is 1.33 bits per heavy atom. The Hall–Kier alpha value is -1.69. The Morgan fingerprint density at radius 3 is 2.94 bits per heavy atom. The van der Waals surface area contributed by atoms with Gasteiger partial charge in [-0.1, -0.05) is 6.92 Å². The van der Waals surface area contributed by atoms with Crippen LogP contribution in [0.15, 0.2) is 18.9 Å². The lowest BCUT2D eigenvalue weighted by molar-refractivity contribution is 0.596. The first kappa shape index (κ1) is 12.8. The zero-order valence-electron chi connectivity index (χ0n) is 11.0. The highest BCUT2D eigenvalue weighted by atomic mass is 15.3. The van der Waals surface area contributed by atoms with Gasteiger partial charge >= 0.3 is 0 Å². The van der Waals surface area contributed by atoms with Crippen molar-refractivity contribution in [3.05, 3.63) is 30.4 Å². The van der Waals surface area contributed by atoms with Crippen LogP contribution in [0.3, 0.4) is 0 Å². The molecule has 2 rings (SSSR count). The van der Waals surface area contributed by atoms with Crippen LogP contribution in [0.2, 0.25) is 0 Å². The largest absolute Gasteiger partial charge is 0.333 e. The third-order valence-corrected chi connectivity index (χ3v) is 2.74. The molecule has 0 aliphatic heterocycles. The first-order valence-corrected chi connectivity index (χ1v) is 6.34. The van der Waals surface area contributed by atoms with Gasteiger partial charge in [0.1, 0.15) is 6.33 Å². The van der Waals surface area contributed by atoms with Gasteiger partial charge in [0.15, 0.2) is 5.82 Å². The van der Waals surface area contributed by atoms with E-state index in [-0.39, 0.29) is 0 Å². The molecule has 0 unspecified atom stereocenters. The first-order chi connectivity index (χ1) is 8.79. The van der Waals surface area contributed by atoms with Gasteiger partial charge in [0.25, 0.3) is 0 Å². The summed E-state index contributed by atoms with van der Waals surface area (Å²) in [5.74, 6) is 0.882. The molecule has 0 amide bonds. The number of rotatable bonds is 7. The highest BCUT2D eigenvalue weighted by Gasteiger charge is 2.02. The predicted molar refractivity (Wildman–Crippen MR) is 68.9 cm³/mol. The summed E-state index contributed by atoms with van der Waals surface area (Å²) in [7, 11) is 1.88. The van der Waals surface area contributed by atoms with Crippen molar-refractivity contribution in [3.8, 4) is 0 Å². The molecule has 0 atom stereocenters. The van der Waals surface area contributed by atoms with E-state index in [1.807, 2.05) is 19.6 Å². The van der Waals surface area contributed by atoms with E-state index >= 15 is 0 Å². The molecule has 0 aliphatic rings. The molecule has 18 heavy (non-hydrogen) atoms. The lowest BCUT2D eigenvalue weighted by Gasteiger charge is -2.07. The van der Waals surface area contributed by atoms with Crippen molar-refractivity contribution < 1.29 is 0 Å². The number of aromatic nitrogens is 5. The minimum absolute atomic E-state index is 0.840. The SMILES string of the molecule is CCCn1cncc1CNCCc1ncn(C)n1. The summed E-state index contributed by atoms with van der Waals surface area (Å²) in [6.07, 6.45) is 7.51. The molecule has 0 fully saturated rings. The van der Waals surface area contributed by atoms with Gasteiger partial charge in [-0.15, -0.1) is 0 Å². The van der Waals surface area contributed by atoms with E-state index in [1.54, 1.807) is 11.0 Å². The number of nitrogens with zero attached hydrogens (tertiary/aromatic N) is 5. The number of nitrogens with one attached hydrogen (secondary N) is 1. The second-order valence-electron chi connectivity index (χ2n) is 4.34. The molecule has 0 saturated heterocycles. The average molecular weight is 248 g/mol. The molecule has 0 bridgehead atoms. The summed E-state index contributed by atoms with van der Waals surface area (Å²) in [6, 6.07) is 0. The van der Waals surface area contributed by atoms with E-state index in [2.05, 4.69) is 31.9 Å². The van der Waals surface area contributed by atoms with E-state index in [0.29, 0.717) is 0 Å². The predicted octanol–water partition coefficient (Wildman–Crippen LogP) is 0.754. The monoisotopic (exact) mass is 248 g/mol. The van der Waals surface area contributed by atoms with Gasteiger partial charge < -0.3 is 9.88 Å². The minimum atomic E-state index is 0.840. The van der Waals surface area contributed by atoms with Gasteiger partial charge in [0, 0.05) is 39.3 Å². The van der Waals surface area contributed by atoms with Crippen LogP contribution in [0, 0.1) is 0 Å². The topological polar surface area (TPSA) is 60.6 Å². The molecule has 98 valence electrons. The van der Waals surface area contributed by atoms with Crippen molar-refractivity contribution in [1.82, 2.24) is 29.6 Å². The Morgan fingerprint density at radius 2 is 2.22 bits per heavy atom. The van der Waals surface area contributed by atoms with Crippen LogP contribution in [-0.4, -0.2) is 30.9 Å². The molecule has 1 N–H and O–H groups in total. The highest BCUT2D eigenvalue weighted by Crippen LogP contribution is 2.00. The van der Waals surface area contributed by atoms with Gasteiger partial charge in [-0.3, -0.25) is 4.68 Å². The fourth-order valence-corrected chi connectivity index (χ4v) is 1.85. The molecule has 0 spiro atoms. The van der Waals surface area contributed by atoms with Crippen LogP contribution in [0.5, 0.6) is 0 Å². The average Bonchev–Trinajstić information content (AvgIpc) is 2.95. The van der Waals surface area contributed by atoms with Gasteiger partial charge in [0.2, 0.25) is 0 Å². The van der Waals surface area contributed by atoms with Crippen molar-refractivity contribution in [2.45, 2.75) is 32.9 Å². The molecule has 2 aromatic heterocycles. The van der Waals surface area contributed by atoms with Crippen molar-refractivity contribution in [3.63, 3.8) is 0 Å². The van der Waals surface area contributed by atoms with Crippen molar-refractivity contribution in [1.29, 1.82) is 0 Å². The van der Waals surface area contributed by atoms with Gasteiger partial charge in [0.05, 0.1) is 12.0 Å². The first-order valence-electron chi connectivity index (χ1n) is 6.34. The molecule has 6 heteroatoms. The zero-order valence-corrected chi connectivity index (χ0v) is 11.0. The van der Waals surface area contributed by atoms with Crippen molar-refractivity contribution >= 4 is 0 Å². The normalized spacial score (nSPS) is 11.0. The second kappa shape index (κ2) is 6.30. The van der Waals surface area contributed by atoms with Gasteiger partial charge in [-0.05, 0) is 6.42 Å². The third kappa shape index (κ3) is 3.40. The van der Waals surface area contributed by atoms with Gasteiger partial charge in [-0.2, -0.15) is 5.10 Å². The number of aryl methyl sites for hydroxylation is 2. The van der Waals surface area contributed by atoms with Gasteiger partial charge in [-0.25, -0.2) is 9.97 Å². The van der Waals surface area contributed by atoms with E-state index in [4.69, 9.17) is 0 Å². The summed E-state index contributed by atoms with van der Waals surface area (Å²) in [6.45, 7) is 4.91. The van der Waals surface area contributed by atoms with E-state index in [0.717, 1.165) is 38.3 Å².